The fraction of sp³-hybridized carbons (Fsp3) is 0.0455. The van der Waals surface area contributed by atoms with Crippen LogP contribution in [0.15, 0.2) is 72.0 Å². The number of anilines is 3. The van der Waals surface area contributed by atoms with Crippen molar-refractivity contribution in [1.29, 1.82) is 0 Å². The van der Waals surface area contributed by atoms with E-state index >= 15 is 0 Å². The van der Waals surface area contributed by atoms with Crippen LogP contribution in [-0.2, 0) is 0 Å². The van der Waals surface area contributed by atoms with Gasteiger partial charge in [-0.05, 0) is 46.4 Å². The molecule has 3 aromatic rings. The van der Waals surface area contributed by atoms with Crippen LogP contribution in [-0.4, -0.2) is 20.6 Å². The lowest BCUT2D eigenvalue weighted by Gasteiger charge is -2.32. The minimum absolute atomic E-state index is 0.416. The molecule has 7 nitrogen and oxygen atoms in total. The summed E-state index contributed by atoms with van der Waals surface area (Å²) in [5.74, 6) is 1.46. The number of hydrogen-bond donors (Lipinski definition) is 4. The molecule has 1 aromatic heterocycles. The molecule has 0 radical (unpaired) electrons. The van der Waals surface area contributed by atoms with Crippen molar-refractivity contribution in [1.82, 2.24) is 15.0 Å². The summed E-state index contributed by atoms with van der Waals surface area (Å²) < 4.78 is 0. The molecular formula is C22H17N7. The van der Waals surface area contributed by atoms with E-state index in [9.17, 15) is 0 Å². The Balaban J connectivity index is 1.55. The third kappa shape index (κ3) is 2.52. The molecule has 0 spiro atoms. The first-order chi connectivity index (χ1) is 14.1. The van der Waals surface area contributed by atoms with Crippen molar-refractivity contribution in [3.63, 3.8) is 0 Å². The molecule has 2 aliphatic carbocycles. The van der Waals surface area contributed by atoms with E-state index in [4.69, 9.17) is 11.5 Å². The molecule has 6 N–H and O–H groups in total. The molecule has 0 saturated heterocycles. The zero-order chi connectivity index (χ0) is 19.6. The number of nitrogens with zero attached hydrogens (tertiary/aromatic N) is 3. The highest BCUT2D eigenvalue weighted by Crippen LogP contribution is 2.34. The SMILES string of the molecule is Nc1ccc2c(c1)=CC1=CC3(N)C=C(Nc4nc(nc(-c5ccccc5)n4)N3)C=21. The van der Waals surface area contributed by atoms with Gasteiger partial charge in [0.25, 0.3) is 0 Å². The van der Waals surface area contributed by atoms with Crippen LogP contribution in [0.2, 0.25) is 0 Å². The lowest BCUT2D eigenvalue weighted by atomic mass is 9.91. The smallest absolute Gasteiger partial charge is 0.232 e. The Bertz CT molecular complexity index is 1370. The van der Waals surface area contributed by atoms with Crippen LogP contribution in [0.5, 0.6) is 0 Å². The zero-order valence-corrected chi connectivity index (χ0v) is 15.3. The summed E-state index contributed by atoms with van der Waals surface area (Å²) in [4.78, 5) is 13.7. The number of rotatable bonds is 1. The standard InChI is InChI=1S/C22H17N7/c23-15-6-7-16-13(9-15)8-14-10-22(24)11-17(18(14)16)25-20-26-19(27-21(28-20)29-22)12-4-2-1-3-5-12/h1-11H,23-24H2,(H2,25,26,27,28,29). The van der Waals surface area contributed by atoms with Crippen LogP contribution in [0.4, 0.5) is 17.6 Å². The molecule has 3 aliphatic rings. The number of nitrogens with two attached hydrogens (primary N) is 2. The van der Waals surface area contributed by atoms with E-state index in [0.29, 0.717) is 17.7 Å². The first-order valence-electron chi connectivity index (χ1n) is 9.30. The number of benzene rings is 2. The summed E-state index contributed by atoms with van der Waals surface area (Å²) in [6, 6.07) is 15.7. The van der Waals surface area contributed by atoms with Crippen LogP contribution < -0.4 is 32.5 Å². The quantitative estimate of drug-likeness (QED) is 0.468. The molecule has 7 heteroatoms. The van der Waals surface area contributed by atoms with Gasteiger partial charge in [-0.1, -0.05) is 36.4 Å². The molecule has 6 rings (SSSR count). The van der Waals surface area contributed by atoms with Crippen molar-refractivity contribution in [3.05, 3.63) is 82.4 Å². The maximum atomic E-state index is 6.66. The Morgan fingerprint density at radius 3 is 2.59 bits per heavy atom. The summed E-state index contributed by atoms with van der Waals surface area (Å²) in [7, 11) is 0. The maximum absolute atomic E-state index is 6.66. The fourth-order valence-corrected chi connectivity index (χ4v) is 4.04. The van der Waals surface area contributed by atoms with Crippen molar-refractivity contribution in [2.45, 2.75) is 5.66 Å². The number of nitrogens with one attached hydrogen (secondary N) is 2. The molecule has 0 fully saturated rings. The van der Waals surface area contributed by atoms with Gasteiger partial charge in [0.2, 0.25) is 11.9 Å². The van der Waals surface area contributed by atoms with Gasteiger partial charge in [0, 0.05) is 22.5 Å². The normalized spacial score (nSPS) is 20.7. The second-order valence-corrected chi connectivity index (χ2v) is 7.38. The van der Waals surface area contributed by atoms with E-state index < -0.39 is 5.66 Å². The van der Waals surface area contributed by atoms with Gasteiger partial charge >= 0.3 is 0 Å². The highest BCUT2D eigenvalue weighted by Gasteiger charge is 2.33. The number of nitrogen functional groups attached to an aromatic ring is 1. The Kier molecular flexibility index (Phi) is 3.05. The van der Waals surface area contributed by atoms with Crippen LogP contribution >= 0.6 is 0 Å². The number of allylic oxidation sites excluding steroid dienone is 1. The molecule has 4 bridgehead atoms. The molecular weight excluding hydrogens is 362 g/mol. The van der Waals surface area contributed by atoms with Crippen molar-refractivity contribution in [2.75, 3.05) is 16.4 Å². The minimum atomic E-state index is -0.932. The second-order valence-electron chi connectivity index (χ2n) is 7.38. The molecule has 0 amide bonds. The van der Waals surface area contributed by atoms with Gasteiger partial charge in [-0.2, -0.15) is 15.0 Å². The lowest BCUT2D eigenvalue weighted by Crippen LogP contribution is -2.47. The average molecular weight is 379 g/mol. The summed E-state index contributed by atoms with van der Waals surface area (Å²) in [6.07, 6.45) is 6.03. The van der Waals surface area contributed by atoms with Crippen LogP contribution in [0.25, 0.3) is 23.0 Å². The van der Waals surface area contributed by atoms with E-state index in [2.05, 4.69) is 31.7 Å². The molecule has 1 unspecified atom stereocenters. The first kappa shape index (κ1) is 16.0. The van der Waals surface area contributed by atoms with Crippen molar-refractivity contribution < 1.29 is 0 Å². The first-order valence-corrected chi connectivity index (χ1v) is 9.30. The molecule has 2 heterocycles. The number of aromatic nitrogens is 3. The molecule has 0 saturated carbocycles. The highest BCUT2D eigenvalue weighted by atomic mass is 15.3. The second kappa shape index (κ2) is 5.52. The van der Waals surface area contributed by atoms with Crippen LogP contribution in [0.1, 0.15) is 0 Å². The molecule has 1 aliphatic heterocycles. The Hall–Kier alpha value is -3.97. The van der Waals surface area contributed by atoms with E-state index in [1.54, 1.807) is 0 Å². The van der Waals surface area contributed by atoms with Gasteiger partial charge in [-0.15, -0.1) is 0 Å². The zero-order valence-electron chi connectivity index (χ0n) is 15.3. The predicted molar refractivity (Wildman–Crippen MR) is 114 cm³/mol. The predicted octanol–water partition coefficient (Wildman–Crippen LogP) is 1.08. The third-order valence-electron chi connectivity index (χ3n) is 5.23. The lowest BCUT2D eigenvalue weighted by molar-refractivity contribution is 0.724. The monoisotopic (exact) mass is 379 g/mol. The summed E-state index contributed by atoms with van der Waals surface area (Å²) >= 11 is 0. The Morgan fingerprint density at radius 2 is 1.72 bits per heavy atom. The maximum Gasteiger partial charge on any atom is 0.232 e. The molecule has 1 atom stereocenters. The fourth-order valence-electron chi connectivity index (χ4n) is 4.04. The van der Waals surface area contributed by atoms with Gasteiger partial charge in [0.15, 0.2) is 5.82 Å². The van der Waals surface area contributed by atoms with Crippen LogP contribution in [0, 0.1) is 0 Å². The van der Waals surface area contributed by atoms with E-state index in [0.717, 1.165) is 38.5 Å². The van der Waals surface area contributed by atoms with Gasteiger partial charge in [0.1, 0.15) is 5.66 Å². The Labute approximate surface area is 166 Å². The van der Waals surface area contributed by atoms with E-state index in [-0.39, 0.29) is 0 Å². The number of hydrogen-bond acceptors (Lipinski definition) is 7. The molecule has 2 aromatic carbocycles. The summed E-state index contributed by atoms with van der Waals surface area (Å²) in [5, 5.41) is 8.79. The largest absolute Gasteiger partial charge is 0.399 e. The van der Waals surface area contributed by atoms with Crippen molar-refractivity contribution in [2.24, 2.45) is 5.73 Å². The van der Waals surface area contributed by atoms with E-state index in [1.807, 2.05) is 60.7 Å². The van der Waals surface area contributed by atoms with Crippen LogP contribution in [0.3, 0.4) is 0 Å². The summed E-state index contributed by atoms with van der Waals surface area (Å²) in [5.41, 5.74) is 16.3. The van der Waals surface area contributed by atoms with Crippen molar-refractivity contribution >= 4 is 29.2 Å². The van der Waals surface area contributed by atoms with Gasteiger partial charge < -0.3 is 22.1 Å². The molecule has 29 heavy (non-hydrogen) atoms. The minimum Gasteiger partial charge on any atom is -0.399 e. The van der Waals surface area contributed by atoms with E-state index in [1.165, 1.54) is 0 Å². The average Bonchev–Trinajstić information content (AvgIpc) is 3.04. The van der Waals surface area contributed by atoms with Gasteiger partial charge in [-0.3, -0.25) is 0 Å². The molecule has 140 valence electrons. The van der Waals surface area contributed by atoms with Gasteiger partial charge in [0.05, 0.1) is 0 Å². The topological polar surface area (TPSA) is 115 Å². The summed E-state index contributed by atoms with van der Waals surface area (Å²) in [6.45, 7) is 0. The van der Waals surface area contributed by atoms with Gasteiger partial charge in [-0.25, -0.2) is 0 Å². The Morgan fingerprint density at radius 1 is 0.897 bits per heavy atom. The third-order valence-corrected chi connectivity index (χ3v) is 5.23. The van der Waals surface area contributed by atoms with Crippen molar-refractivity contribution in [3.8, 4) is 11.4 Å². The highest BCUT2D eigenvalue weighted by molar-refractivity contribution is 5.94. The number of fused-ring (bicyclic) bond motifs is 6.